The number of nitrogens with one attached hydrogen (secondary N) is 1. The van der Waals surface area contributed by atoms with Crippen molar-refractivity contribution >= 4 is 21.6 Å². The molecule has 2 rings (SSSR count). The lowest BCUT2D eigenvalue weighted by molar-refractivity contribution is 0.0971. The Morgan fingerprint density at radius 3 is 2.81 bits per heavy atom. The number of nitrogens with zero attached hydrogens (tertiary/aromatic N) is 1. The van der Waals surface area contributed by atoms with Crippen molar-refractivity contribution in [1.29, 1.82) is 0 Å². The molecule has 2 unspecified atom stereocenters. The monoisotopic (exact) mass is 354 g/mol. The Morgan fingerprint density at radius 1 is 1.43 bits per heavy atom. The van der Waals surface area contributed by atoms with Gasteiger partial charge in [-0.25, -0.2) is 0 Å². The van der Waals surface area contributed by atoms with E-state index in [-0.39, 0.29) is 6.10 Å². The minimum atomic E-state index is -0.149. The van der Waals surface area contributed by atoms with Crippen LogP contribution in [0, 0.1) is 11.8 Å². The minimum Gasteiger partial charge on any atom is -0.393 e. The third kappa shape index (κ3) is 4.70. The van der Waals surface area contributed by atoms with Gasteiger partial charge in [0.25, 0.3) is 0 Å². The van der Waals surface area contributed by atoms with E-state index in [9.17, 15) is 5.11 Å². The zero-order valence-electron chi connectivity index (χ0n) is 13.3. The van der Waals surface area contributed by atoms with Gasteiger partial charge in [0.05, 0.1) is 6.10 Å². The highest BCUT2D eigenvalue weighted by atomic mass is 79.9. The van der Waals surface area contributed by atoms with E-state index < -0.39 is 0 Å². The van der Waals surface area contributed by atoms with Gasteiger partial charge in [-0.2, -0.15) is 0 Å². The van der Waals surface area contributed by atoms with Crippen molar-refractivity contribution in [2.75, 3.05) is 24.5 Å². The van der Waals surface area contributed by atoms with E-state index in [0.717, 1.165) is 37.1 Å². The maximum absolute atomic E-state index is 9.84. The number of anilines is 1. The molecule has 1 aromatic carbocycles. The van der Waals surface area contributed by atoms with Crippen molar-refractivity contribution in [2.24, 2.45) is 11.8 Å². The fourth-order valence-electron chi connectivity index (χ4n) is 2.74. The smallest absolute Gasteiger partial charge is 0.0599 e. The van der Waals surface area contributed by atoms with Crippen molar-refractivity contribution in [1.82, 2.24) is 5.32 Å². The first-order valence-electron chi connectivity index (χ1n) is 7.89. The summed E-state index contributed by atoms with van der Waals surface area (Å²) in [6.45, 7) is 10.4. The number of benzene rings is 1. The lowest BCUT2D eigenvalue weighted by atomic mass is 9.96. The highest BCUT2D eigenvalue weighted by Crippen LogP contribution is 2.28. The number of hydrogen-bond acceptors (Lipinski definition) is 3. The van der Waals surface area contributed by atoms with E-state index in [2.05, 4.69) is 65.1 Å². The second kappa shape index (κ2) is 7.61. The van der Waals surface area contributed by atoms with Gasteiger partial charge in [0, 0.05) is 29.8 Å². The second-order valence-electron chi connectivity index (χ2n) is 6.58. The molecule has 2 atom stereocenters. The van der Waals surface area contributed by atoms with E-state index in [4.69, 9.17) is 0 Å². The molecule has 1 aliphatic rings. The zero-order chi connectivity index (χ0) is 15.4. The van der Waals surface area contributed by atoms with Gasteiger partial charge in [-0.05, 0) is 42.5 Å². The lowest BCUT2D eigenvalue weighted by Crippen LogP contribution is -2.41. The Labute approximate surface area is 136 Å². The quantitative estimate of drug-likeness (QED) is 0.850. The van der Waals surface area contributed by atoms with Crippen LogP contribution >= 0.6 is 15.9 Å². The summed E-state index contributed by atoms with van der Waals surface area (Å²) in [5.41, 5.74) is 2.54. The SMILES string of the molecule is CC(C)CNCc1ccc(N2CCC(O)C(C)C2)cc1Br. The summed E-state index contributed by atoms with van der Waals surface area (Å²) < 4.78 is 1.16. The van der Waals surface area contributed by atoms with Gasteiger partial charge in [-0.15, -0.1) is 0 Å². The van der Waals surface area contributed by atoms with E-state index in [0.29, 0.717) is 11.8 Å². The van der Waals surface area contributed by atoms with E-state index in [1.807, 2.05) is 0 Å². The topological polar surface area (TPSA) is 35.5 Å². The molecular weight excluding hydrogens is 328 g/mol. The number of aliphatic hydroxyl groups is 1. The van der Waals surface area contributed by atoms with Crippen LogP contribution in [0.2, 0.25) is 0 Å². The molecule has 4 heteroatoms. The molecule has 118 valence electrons. The molecule has 1 saturated heterocycles. The fraction of sp³-hybridized carbons (Fsp3) is 0.647. The number of piperidine rings is 1. The van der Waals surface area contributed by atoms with Crippen LogP contribution in [-0.2, 0) is 6.54 Å². The molecule has 0 amide bonds. The van der Waals surface area contributed by atoms with Crippen molar-refractivity contribution < 1.29 is 5.11 Å². The predicted octanol–water partition coefficient (Wildman–Crippen LogP) is 3.40. The second-order valence-corrected chi connectivity index (χ2v) is 7.43. The van der Waals surface area contributed by atoms with Crippen LogP contribution in [0.1, 0.15) is 32.8 Å². The van der Waals surface area contributed by atoms with Crippen LogP contribution < -0.4 is 10.2 Å². The molecule has 0 aromatic heterocycles. The summed E-state index contributed by atoms with van der Waals surface area (Å²) in [7, 11) is 0. The van der Waals surface area contributed by atoms with Gasteiger partial charge in [0.1, 0.15) is 0 Å². The Hall–Kier alpha value is -0.580. The average molecular weight is 355 g/mol. The molecule has 0 bridgehead atoms. The average Bonchev–Trinajstić information content (AvgIpc) is 2.43. The molecule has 21 heavy (non-hydrogen) atoms. The summed E-state index contributed by atoms with van der Waals surface area (Å²) in [6.07, 6.45) is 0.709. The summed E-state index contributed by atoms with van der Waals surface area (Å²) in [5, 5.41) is 13.3. The third-order valence-electron chi connectivity index (χ3n) is 4.13. The lowest BCUT2D eigenvalue weighted by Gasteiger charge is -2.36. The van der Waals surface area contributed by atoms with Crippen LogP contribution in [0.25, 0.3) is 0 Å². The van der Waals surface area contributed by atoms with Gasteiger partial charge in [-0.3, -0.25) is 0 Å². The van der Waals surface area contributed by atoms with E-state index in [1.54, 1.807) is 0 Å². The molecule has 0 radical (unpaired) electrons. The van der Waals surface area contributed by atoms with Gasteiger partial charge < -0.3 is 15.3 Å². The number of rotatable bonds is 5. The third-order valence-corrected chi connectivity index (χ3v) is 4.87. The van der Waals surface area contributed by atoms with Crippen molar-refractivity contribution in [3.8, 4) is 0 Å². The van der Waals surface area contributed by atoms with E-state index in [1.165, 1.54) is 11.3 Å². The van der Waals surface area contributed by atoms with Gasteiger partial charge >= 0.3 is 0 Å². The maximum atomic E-state index is 9.84. The van der Waals surface area contributed by atoms with Gasteiger partial charge in [-0.1, -0.05) is 42.8 Å². The molecule has 2 N–H and O–H groups in total. The largest absolute Gasteiger partial charge is 0.393 e. The number of aliphatic hydroxyl groups excluding tert-OH is 1. The standard InChI is InChI=1S/C17H27BrN2O/c1-12(2)9-19-10-14-4-5-15(8-16(14)18)20-7-6-17(21)13(3)11-20/h4-5,8,12-13,17,19,21H,6-7,9-11H2,1-3H3. The molecule has 3 nitrogen and oxygen atoms in total. The Balaban J connectivity index is 1.98. The molecule has 1 fully saturated rings. The molecular formula is C17H27BrN2O. The van der Waals surface area contributed by atoms with Gasteiger partial charge in [0.15, 0.2) is 0 Å². The van der Waals surface area contributed by atoms with Crippen LogP contribution in [-0.4, -0.2) is 30.8 Å². The first-order chi connectivity index (χ1) is 9.97. The summed E-state index contributed by atoms with van der Waals surface area (Å²) in [5.74, 6) is 1.01. The fourth-order valence-corrected chi connectivity index (χ4v) is 3.25. The molecule has 1 heterocycles. The van der Waals surface area contributed by atoms with Crippen molar-refractivity contribution in [3.05, 3.63) is 28.2 Å². The summed E-state index contributed by atoms with van der Waals surface area (Å²) in [4.78, 5) is 2.37. The number of halogens is 1. The molecule has 0 aliphatic carbocycles. The summed E-state index contributed by atoms with van der Waals surface area (Å²) in [6, 6.07) is 6.60. The van der Waals surface area contributed by atoms with Gasteiger partial charge in [0.2, 0.25) is 0 Å². The predicted molar refractivity (Wildman–Crippen MR) is 92.7 cm³/mol. The molecule has 1 aromatic rings. The molecule has 0 saturated carbocycles. The highest BCUT2D eigenvalue weighted by molar-refractivity contribution is 9.10. The number of hydrogen-bond donors (Lipinski definition) is 2. The normalized spacial score (nSPS) is 22.9. The van der Waals surface area contributed by atoms with Crippen LogP contribution in [0.4, 0.5) is 5.69 Å². The minimum absolute atomic E-state index is 0.149. The van der Waals surface area contributed by atoms with Crippen LogP contribution in [0.15, 0.2) is 22.7 Å². The first kappa shape index (κ1) is 16.8. The molecule has 1 aliphatic heterocycles. The zero-order valence-corrected chi connectivity index (χ0v) is 14.9. The van der Waals surface area contributed by atoms with Crippen molar-refractivity contribution in [2.45, 2.75) is 39.8 Å². The Kier molecular flexibility index (Phi) is 6.08. The Morgan fingerprint density at radius 2 is 2.19 bits per heavy atom. The van der Waals surface area contributed by atoms with Crippen LogP contribution in [0.5, 0.6) is 0 Å². The van der Waals surface area contributed by atoms with E-state index >= 15 is 0 Å². The van der Waals surface area contributed by atoms with Crippen molar-refractivity contribution in [3.63, 3.8) is 0 Å². The highest BCUT2D eigenvalue weighted by Gasteiger charge is 2.24. The molecule has 0 spiro atoms. The Bertz CT molecular complexity index is 464. The van der Waals surface area contributed by atoms with Crippen LogP contribution in [0.3, 0.4) is 0 Å². The first-order valence-corrected chi connectivity index (χ1v) is 8.69. The maximum Gasteiger partial charge on any atom is 0.0599 e. The summed E-state index contributed by atoms with van der Waals surface area (Å²) >= 11 is 3.69.